The number of nitrogens with zero attached hydrogens (tertiary/aromatic N) is 4. The topological polar surface area (TPSA) is 179 Å². The SMILES string of the molecule is COc1cccc([C@@H]2C(C(=O)Nc3ccccc3)=C(C)N=c3s/c(=C\c4cc([N+](=O)[O-])cc([N+](=O)[O-])c4O)c(=O)n32)c1. The number of phenols is 1. The van der Waals surface area contributed by atoms with Crippen molar-refractivity contribution in [2.75, 3.05) is 12.4 Å². The number of aromatic hydroxyl groups is 1. The van der Waals surface area contributed by atoms with E-state index in [9.17, 15) is 34.9 Å². The fourth-order valence-corrected chi connectivity index (χ4v) is 5.62. The number of nitrogens with one attached hydrogen (secondary N) is 1. The van der Waals surface area contributed by atoms with Crippen molar-refractivity contribution in [3.05, 3.63) is 129 Å². The van der Waals surface area contributed by atoms with Crippen molar-refractivity contribution in [2.24, 2.45) is 4.99 Å². The monoisotopic (exact) mass is 587 g/mol. The minimum atomic E-state index is -0.953. The van der Waals surface area contributed by atoms with E-state index >= 15 is 0 Å². The van der Waals surface area contributed by atoms with E-state index in [-0.39, 0.29) is 20.5 Å². The molecule has 42 heavy (non-hydrogen) atoms. The van der Waals surface area contributed by atoms with Gasteiger partial charge in [-0.25, -0.2) is 4.99 Å². The summed E-state index contributed by atoms with van der Waals surface area (Å²) in [4.78, 5) is 53.3. The number of fused-ring (bicyclic) bond motifs is 1. The molecular weight excluding hydrogens is 566 g/mol. The number of aromatic nitrogens is 1. The molecule has 0 radical (unpaired) electrons. The van der Waals surface area contributed by atoms with Gasteiger partial charge in [0.2, 0.25) is 5.75 Å². The van der Waals surface area contributed by atoms with E-state index in [0.717, 1.165) is 23.5 Å². The van der Waals surface area contributed by atoms with Crippen LogP contribution in [0.15, 0.2) is 87.8 Å². The first kappa shape index (κ1) is 27.9. The molecule has 1 aliphatic heterocycles. The van der Waals surface area contributed by atoms with Gasteiger partial charge in [-0.2, -0.15) is 0 Å². The number of methoxy groups -OCH3 is 1. The molecule has 3 aromatic carbocycles. The predicted octanol–water partition coefficient (Wildman–Crippen LogP) is 3.40. The average Bonchev–Trinajstić information content (AvgIpc) is 3.27. The van der Waals surface area contributed by atoms with Gasteiger partial charge in [0.25, 0.3) is 17.2 Å². The Bertz CT molecular complexity index is 1980. The largest absolute Gasteiger partial charge is 0.502 e. The zero-order valence-corrected chi connectivity index (χ0v) is 22.8. The summed E-state index contributed by atoms with van der Waals surface area (Å²) in [5, 5.41) is 36.2. The Hall–Kier alpha value is -5.63. The van der Waals surface area contributed by atoms with E-state index in [1.54, 1.807) is 61.5 Å². The lowest BCUT2D eigenvalue weighted by Gasteiger charge is -2.25. The van der Waals surface area contributed by atoms with E-state index in [4.69, 9.17) is 4.74 Å². The maximum Gasteiger partial charge on any atom is 0.318 e. The van der Waals surface area contributed by atoms with Crippen LogP contribution in [-0.4, -0.2) is 32.5 Å². The van der Waals surface area contributed by atoms with Gasteiger partial charge in [0.15, 0.2) is 4.80 Å². The molecule has 0 bridgehead atoms. The molecule has 14 heteroatoms. The molecule has 0 unspecified atom stereocenters. The fourth-order valence-electron chi connectivity index (χ4n) is 4.58. The van der Waals surface area contributed by atoms with Gasteiger partial charge in [-0.15, -0.1) is 0 Å². The van der Waals surface area contributed by atoms with Crippen molar-refractivity contribution < 1.29 is 24.5 Å². The third-order valence-electron chi connectivity index (χ3n) is 6.51. The van der Waals surface area contributed by atoms with Gasteiger partial charge in [0.1, 0.15) is 5.75 Å². The zero-order chi connectivity index (χ0) is 30.1. The highest BCUT2D eigenvalue weighted by atomic mass is 32.1. The van der Waals surface area contributed by atoms with Gasteiger partial charge in [0.05, 0.1) is 44.9 Å². The maximum absolute atomic E-state index is 13.9. The first-order chi connectivity index (χ1) is 20.1. The second-order valence-corrected chi connectivity index (χ2v) is 10.1. The van der Waals surface area contributed by atoms with Crippen LogP contribution in [0.4, 0.5) is 17.1 Å². The number of carbonyl (C=O) groups is 1. The molecule has 13 nitrogen and oxygen atoms in total. The molecule has 2 heterocycles. The number of non-ortho nitro benzene ring substituents is 1. The Kier molecular flexibility index (Phi) is 7.37. The van der Waals surface area contributed by atoms with Crippen LogP contribution in [0.25, 0.3) is 6.08 Å². The summed E-state index contributed by atoms with van der Waals surface area (Å²) in [6.45, 7) is 1.64. The first-order valence-electron chi connectivity index (χ1n) is 12.3. The van der Waals surface area contributed by atoms with Crippen LogP contribution < -0.4 is 24.9 Å². The second kappa shape index (κ2) is 11.1. The predicted molar refractivity (Wildman–Crippen MR) is 153 cm³/mol. The number of para-hydroxylation sites is 1. The molecule has 0 spiro atoms. The zero-order valence-electron chi connectivity index (χ0n) is 22.0. The molecular formula is C28H21N5O8S. The lowest BCUT2D eigenvalue weighted by atomic mass is 9.95. The molecule has 1 aliphatic rings. The Morgan fingerprint density at radius 3 is 2.50 bits per heavy atom. The number of carbonyl (C=O) groups excluding carboxylic acids is 1. The normalized spacial score (nSPS) is 14.6. The standard InChI is InChI=1S/C28H21N5O8S/c1-15-23(26(35)30-18-8-4-3-5-9-18)24(16-7-6-10-20(12-16)41-2)31-27(36)22(42-28(31)29-15)13-17-11-19(32(37)38)14-21(25(17)34)33(39)40/h3-14,24,34H,1-2H3,(H,30,35)/b22-13-/t24-/m1/s1. The molecule has 1 atom stereocenters. The number of thiazole rings is 1. The quantitative estimate of drug-likeness (QED) is 0.244. The number of phenolic OH excluding ortho intramolecular Hbond substituents is 1. The van der Waals surface area contributed by atoms with Crippen molar-refractivity contribution in [1.82, 2.24) is 4.57 Å². The number of amides is 1. The average molecular weight is 588 g/mol. The lowest BCUT2D eigenvalue weighted by molar-refractivity contribution is -0.394. The molecule has 212 valence electrons. The number of ether oxygens (including phenoxy) is 1. The van der Waals surface area contributed by atoms with Crippen LogP contribution in [0.2, 0.25) is 0 Å². The number of benzene rings is 3. The van der Waals surface area contributed by atoms with Gasteiger partial charge < -0.3 is 15.2 Å². The molecule has 1 amide bonds. The summed E-state index contributed by atoms with van der Waals surface area (Å²) in [6, 6.07) is 16.2. The van der Waals surface area contributed by atoms with Crippen LogP contribution >= 0.6 is 11.3 Å². The van der Waals surface area contributed by atoms with Crippen molar-refractivity contribution in [3.63, 3.8) is 0 Å². The Morgan fingerprint density at radius 2 is 1.83 bits per heavy atom. The minimum absolute atomic E-state index is 0.0238. The van der Waals surface area contributed by atoms with Crippen LogP contribution in [0.1, 0.15) is 24.1 Å². The Labute approximate surface area is 240 Å². The fraction of sp³-hybridized carbons (Fsp3) is 0.107. The van der Waals surface area contributed by atoms with Crippen molar-refractivity contribution in [2.45, 2.75) is 13.0 Å². The van der Waals surface area contributed by atoms with Gasteiger partial charge in [-0.05, 0) is 42.8 Å². The molecule has 0 aliphatic carbocycles. The Balaban J connectivity index is 1.73. The highest BCUT2D eigenvalue weighted by molar-refractivity contribution is 7.07. The molecule has 5 rings (SSSR count). The van der Waals surface area contributed by atoms with Crippen LogP contribution in [0.5, 0.6) is 11.5 Å². The molecule has 2 N–H and O–H groups in total. The van der Waals surface area contributed by atoms with E-state index < -0.39 is 44.5 Å². The first-order valence-corrected chi connectivity index (χ1v) is 13.1. The van der Waals surface area contributed by atoms with Gasteiger partial charge in [-0.3, -0.25) is 34.4 Å². The molecule has 0 fully saturated rings. The summed E-state index contributed by atoms with van der Waals surface area (Å²) in [7, 11) is 1.49. The number of nitro groups is 2. The molecule has 0 saturated carbocycles. The smallest absolute Gasteiger partial charge is 0.318 e. The van der Waals surface area contributed by atoms with Gasteiger partial charge >= 0.3 is 5.69 Å². The third-order valence-corrected chi connectivity index (χ3v) is 7.49. The van der Waals surface area contributed by atoms with Crippen molar-refractivity contribution in [3.8, 4) is 11.5 Å². The van der Waals surface area contributed by atoms with Gasteiger partial charge in [-0.1, -0.05) is 41.7 Å². The number of nitro benzene ring substituents is 2. The number of hydrogen-bond donors (Lipinski definition) is 2. The number of rotatable bonds is 7. The summed E-state index contributed by atoms with van der Waals surface area (Å²) >= 11 is 0.904. The number of anilines is 1. The molecule has 4 aromatic rings. The summed E-state index contributed by atoms with van der Waals surface area (Å²) < 4.78 is 6.65. The molecule has 1 aromatic heterocycles. The van der Waals surface area contributed by atoms with Crippen molar-refractivity contribution in [1.29, 1.82) is 0 Å². The van der Waals surface area contributed by atoms with E-state index in [2.05, 4.69) is 10.3 Å². The second-order valence-electron chi connectivity index (χ2n) is 9.10. The van der Waals surface area contributed by atoms with E-state index in [1.165, 1.54) is 11.7 Å². The highest BCUT2D eigenvalue weighted by Gasteiger charge is 2.33. The van der Waals surface area contributed by atoms with Crippen LogP contribution in [0, 0.1) is 20.2 Å². The summed E-state index contributed by atoms with van der Waals surface area (Å²) in [5.74, 6) is -0.836. The Morgan fingerprint density at radius 1 is 1.10 bits per heavy atom. The van der Waals surface area contributed by atoms with E-state index in [0.29, 0.717) is 28.8 Å². The van der Waals surface area contributed by atoms with Crippen molar-refractivity contribution >= 4 is 40.4 Å². The molecule has 0 saturated heterocycles. The van der Waals surface area contributed by atoms with Crippen LogP contribution in [-0.2, 0) is 4.79 Å². The van der Waals surface area contributed by atoms with Gasteiger partial charge in [0, 0.05) is 17.3 Å². The number of hydrogen-bond acceptors (Lipinski definition) is 10. The number of allylic oxidation sites excluding steroid dienone is 1. The van der Waals surface area contributed by atoms with E-state index in [1.807, 2.05) is 0 Å². The highest BCUT2D eigenvalue weighted by Crippen LogP contribution is 2.35. The third kappa shape index (κ3) is 5.13. The minimum Gasteiger partial charge on any atom is -0.502 e. The summed E-state index contributed by atoms with van der Waals surface area (Å²) in [6.07, 6.45) is 1.13. The lowest BCUT2D eigenvalue weighted by Crippen LogP contribution is -2.40. The van der Waals surface area contributed by atoms with Crippen LogP contribution in [0.3, 0.4) is 0 Å². The summed E-state index contributed by atoms with van der Waals surface area (Å²) in [5.41, 5.74) is -0.820. The maximum atomic E-state index is 13.9.